The number of aliphatic hydroxyl groups excluding tert-OH is 1. The lowest BCUT2D eigenvalue weighted by molar-refractivity contribution is 0.0697. The van der Waals surface area contributed by atoms with Crippen LogP contribution in [-0.2, 0) is 16.4 Å². The Labute approximate surface area is 231 Å². The van der Waals surface area contributed by atoms with E-state index in [1.807, 2.05) is 13.8 Å². The molecule has 11 heteroatoms. The predicted molar refractivity (Wildman–Crippen MR) is 147 cm³/mol. The summed E-state index contributed by atoms with van der Waals surface area (Å²) in [5, 5.41) is 23.0. The third kappa shape index (κ3) is 7.53. The van der Waals surface area contributed by atoms with Crippen LogP contribution in [-0.4, -0.2) is 60.7 Å². The Hall–Kier alpha value is -2.53. The predicted octanol–water partition coefficient (Wildman–Crippen LogP) is 5.09. The minimum atomic E-state index is -3.94. The molecule has 0 radical (unpaired) electrons. The van der Waals surface area contributed by atoms with Crippen molar-refractivity contribution < 1.29 is 27.8 Å². The van der Waals surface area contributed by atoms with Gasteiger partial charge in [0, 0.05) is 25.7 Å². The zero-order chi connectivity index (χ0) is 28.3. The molecule has 3 N–H and O–H groups in total. The van der Waals surface area contributed by atoms with Crippen LogP contribution < -0.4 is 5.32 Å². The number of aromatic carboxylic acids is 1. The molecule has 1 atom stereocenters. The van der Waals surface area contributed by atoms with Crippen molar-refractivity contribution in [2.45, 2.75) is 36.8 Å². The number of nitrogens with one attached hydrogen (secondary N) is 1. The quantitative estimate of drug-likeness (QED) is 0.291. The Morgan fingerprint density at radius 1 is 1.05 bits per heavy atom. The topological polar surface area (TPSA) is 107 Å². The van der Waals surface area contributed by atoms with Crippen LogP contribution in [0.1, 0.15) is 29.8 Å². The van der Waals surface area contributed by atoms with Gasteiger partial charge >= 0.3 is 5.97 Å². The van der Waals surface area contributed by atoms with Gasteiger partial charge in [-0.15, -0.1) is 0 Å². The maximum absolute atomic E-state index is 13.8. The van der Waals surface area contributed by atoms with Gasteiger partial charge in [0.05, 0.1) is 26.6 Å². The number of halogens is 3. The smallest absolute Gasteiger partial charge is 0.337 e. The molecule has 0 unspecified atom stereocenters. The van der Waals surface area contributed by atoms with Crippen LogP contribution in [0.4, 0.5) is 4.39 Å². The van der Waals surface area contributed by atoms with Gasteiger partial charge in [0.15, 0.2) is 0 Å². The molecule has 0 amide bonds. The van der Waals surface area contributed by atoms with E-state index in [2.05, 4.69) is 5.32 Å². The fourth-order valence-electron chi connectivity index (χ4n) is 3.96. The van der Waals surface area contributed by atoms with Crippen molar-refractivity contribution >= 4 is 39.2 Å². The third-order valence-electron chi connectivity index (χ3n) is 5.99. The second-order valence-corrected chi connectivity index (χ2v) is 12.5. The molecule has 3 aromatic rings. The Morgan fingerprint density at radius 2 is 1.74 bits per heavy atom. The van der Waals surface area contributed by atoms with Crippen LogP contribution in [0, 0.1) is 5.82 Å². The summed E-state index contributed by atoms with van der Waals surface area (Å²) in [7, 11) is -2.56. The lowest BCUT2D eigenvalue weighted by Crippen LogP contribution is -2.47. The number of carboxylic acid groups (broad SMARTS) is 1. The Bertz CT molecular complexity index is 1430. The molecule has 0 aliphatic carbocycles. The van der Waals surface area contributed by atoms with E-state index in [1.54, 1.807) is 24.3 Å². The average molecular weight is 584 g/mol. The Morgan fingerprint density at radius 3 is 2.37 bits per heavy atom. The highest BCUT2D eigenvalue weighted by molar-refractivity contribution is 7.89. The number of carboxylic acids is 1. The third-order valence-corrected chi connectivity index (χ3v) is 8.43. The van der Waals surface area contributed by atoms with Gasteiger partial charge in [0.2, 0.25) is 10.0 Å². The van der Waals surface area contributed by atoms with Gasteiger partial charge in [0.1, 0.15) is 5.82 Å². The van der Waals surface area contributed by atoms with Gasteiger partial charge in [-0.1, -0.05) is 47.5 Å². The van der Waals surface area contributed by atoms with Crippen molar-refractivity contribution in [3.63, 3.8) is 0 Å². The Kier molecular flexibility index (Phi) is 9.57. The van der Waals surface area contributed by atoms with Gasteiger partial charge in [-0.25, -0.2) is 17.6 Å². The molecule has 0 fully saturated rings. The number of benzene rings is 3. The fraction of sp³-hybridized carbons (Fsp3) is 0.296. The number of nitrogens with zero attached hydrogens (tertiary/aromatic N) is 1. The minimum absolute atomic E-state index is 0.0150. The van der Waals surface area contributed by atoms with Crippen molar-refractivity contribution in [2.24, 2.45) is 0 Å². The van der Waals surface area contributed by atoms with Crippen molar-refractivity contribution in [2.75, 3.05) is 20.1 Å². The minimum Gasteiger partial charge on any atom is -0.478 e. The van der Waals surface area contributed by atoms with Crippen LogP contribution >= 0.6 is 23.2 Å². The van der Waals surface area contributed by atoms with E-state index in [0.717, 1.165) is 9.87 Å². The van der Waals surface area contributed by atoms with Crippen LogP contribution in [0.15, 0.2) is 65.6 Å². The lowest BCUT2D eigenvalue weighted by Gasteiger charge is -2.29. The molecule has 3 rings (SSSR count). The van der Waals surface area contributed by atoms with E-state index in [4.69, 9.17) is 28.3 Å². The Balaban J connectivity index is 1.66. The molecule has 3 aromatic carbocycles. The molecule has 0 spiro atoms. The number of sulfonamides is 1. The van der Waals surface area contributed by atoms with Crippen molar-refractivity contribution in [3.05, 3.63) is 87.7 Å². The van der Waals surface area contributed by atoms with Crippen LogP contribution in [0.25, 0.3) is 11.1 Å². The lowest BCUT2D eigenvalue weighted by atomic mass is 9.94. The van der Waals surface area contributed by atoms with E-state index in [0.29, 0.717) is 17.5 Å². The molecular weight excluding hydrogens is 554 g/mol. The number of aliphatic hydroxyl groups is 1. The first-order valence-electron chi connectivity index (χ1n) is 11.7. The summed E-state index contributed by atoms with van der Waals surface area (Å²) < 4.78 is 41.3. The number of hydrogen-bond acceptors (Lipinski definition) is 5. The second kappa shape index (κ2) is 12.1. The summed E-state index contributed by atoms with van der Waals surface area (Å²) in [5.74, 6) is -1.66. The van der Waals surface area contributed by atoms with Gasteiger partial charge in [-0.05, 0) is 73.4 Å². The highest BCUT2D eigenvalue weighted by atomic mass is 35.5. The number of likely N-dealkylation sites (N-methyl/N-ethyl adjacent to an activating group) is 1. The zero-order valence-electron chi connectivity index (χ0n) is 21.1. The van der Waals surface area contributed by atoms with Gasteiger partial charge in [0.25, 0.3) is 0 Å². The molecule has 0 aliphatic rings. The summed E-state index contributed by atoms with van der Waals surface area (Å²) in [4.78, 5) is 11.2. The summed E-state index contributed by atoms with van der Waals surface area (Å²) in [5.41, 5.74) is 1.28. The van der Waals surface area contributed by atoms with Crippen molar-refractivity contribution in [1.29, 1.82) is 0 Å². The molecule has 38 heavy (non-hydrogen) atoms. The maximum Gasteiger partial charge on any atom is 0.337 e. The maximum atomic E-state index is 13.8. The molecule has 0 saturated carbocycles. The molecule has 204 valence electrons. The van der Waals surface area contributed by atoms with Crippen molar-refractivity contribution in [3.8, 4) is 11.1 Å². The molecule has 0 saturated heterocycles. The number of β-amino-alcohol motifs (C(OH)–C–C–N with tert-alkyl or cyclic N) is 1. The molecule has 0 aromatic heterocycles. The number of rotatable bonds is 11. The molecule has 0 heterocycles. The average Bonchev–Trinajstić information content (AvgIpc) is 2.84. The van der Waals surface area contributed by atoms with Gasteiger partial charge in [-0.3, -0.25) is 0 Å². The summed E-state index contributed by atoms with van der Waals surface area (Å²) >= 11 is 11.8. The van der Waals surface area contributed by atoms with E-state index in [-0.39, 0.29) is 33.6 Å². The first-order chi connectivity index (χ1) is 17.7. The van der Waals surface area contributed by atoms with E-state index < -0.39 is 33.5 Å². The summed E-state index contributed by atoms with van der Waals surface area (Å²) in [6.07, 6.45) is -0.548. The standard InChI is InChI=1S/C27H29Cl2FN2O5S/c1-27(2,14-17-7-10-23(28)25(30)11-17)31-15-20(33)16-32(3)38(36,37)21-6-4-5-18(12-21)19-8-9-22(26(34)35)24(29)13-19/h4-13,20,31,33H,14-16H2,1-3H3,(H,34,35)/t20-/m1/s1. The highest BCUT2D eigenvalue weighted by Gasteiger charge is 2.25. The SMILES string of the molecule is CN(C[C@H](O)CNC(C)(C)Cc1ccc(Cl)c(F)c1)S(=O)(=O)c1cccc(-c2ccc(C(=O)O)c(Cl)c2)c1. The van der Waals surface area contributed by atoms with Gasteiger partial charge < -0.3 is 15.5 Å². The molecule has 0 bridgehead atoms. The monoisotopic (exact) mass is 582 g/mol. The van der Waals surface area contributed by atoms with E-state index in [9.17, 15) is 22.7 Å². The van der Waals surface area contributed by atoms with Crippen LogP contribution in [0.5, 0.6) is 0 Å². The second-order valence-electron chi connectivity index (χ2n) is 9.66. The molecule has 7 nitrogen and oxygen atoms in total. The number of hydrogen-bond donors (Lipinski definition) is 3. The normalized spacial score (nSPS) is 13.1. The summed E-state index contributed by atoms with van der Waals surface area (Å²) in [6, 6.07) is 15.2. The zero-order valence-corrected chi connectivity index (χ0v) is 23.4. The number of carbonyl (C=O) groups is 1. The fourth-order valence-corrected chi connectivity index (χ4v) is 5.59. The van der Waals surface area contributed by atoms with Crippen LogP contribution in [0.3, 0.4) is 0 Å². The van der Waals surface area contributed by atoms with Crippen LogP contribution in [0.2, 0.25) is 10.0 Å². The van der Waals surface area contributed by atoms with E-state index in [1.165, 1.54) is 43.4 Å². The van der Waals surface area contributed by atoms with Gasteiger partial charge in [-0.2, -0.15) is 4.31 Å². The largest absolute Gasteiger partial charge is 0.478 e. The molecular formula is C27H29Cl2FN2O5S. The van der Waals surface area contributed by atoms with E-state index >= 15 is 0 Å². The van der Waals surface area contributed by atoms with Crippen molar-refractivity contribution in [1.82, 2.24) is 9.62 Å². The molecule has 0 aliphatic heterocycles. The highest BCUT2D eigenvalue weighted by Crippen LogP contribution is 2.28. The first-order valence-corrected chi connectivity index (χ1v) is 13.9. The first kappa shape index (κ1) is 30.0. The summed E-state index contributed by atoms with van der Waals surface area (Å²) in [6.45, 7) is 3.74.